The number of hydrogen-bond acceptors (Lipinski definition) is 4. The lowest BCUT2D eigenvalue weighted by molar-refractivity contribution is -0.0441. The number of carbonyl (C=O) groups is 1. The van der Waals surface area contributed by atoms with E-state index in [4.69, 9.17) is 10.5 Å². The third kappa shape index (κ3) is 2.41. The summed E-state index contributed by atoms with van der Waals surface area (Å²) >= 11 is 0. The fourth-order valence-electron chi connectivity index (χ4n) is 2.16. The van der Waals surface area contributed by atoms with Crippen LogP contribution >= 0.6 is 0 Å². The van der Waals surface area contributed by atoms with Crippen LogP contribution in [0.1, 0.15) is 30.3 Å². The van der Waals surface area contributed by atoms with E-state index in [0.29, 0.717) is 18.1 Å². The molecule has 94 valence electrons. The van der Waals surface area contributed by atoms with Crippen molar-refractivity contribution in [2.24, 2.45) is 0 Å². The maximum atomic E-state index is 12.2. The van der Waals surface area contributed by atoms with Crippen LogP contribution in [-0.2, 0) is 4.74 Å². The predicted octanol–water partition coefficient (Wildman–Crippen LogP) is 0.633. The molecular formula is C11H18N4O2. The van der Waals surface area contributed by atoms with E-state index < -0.39 is 0 Å². The second-order valence-corrected chi connectivity index (χ2v) is 4.69. The summed E-state index contributed by atoms with van der Waals surface area (Å²) in [5.41, 5.74) is 5.67. The van der Waals surface area contributed by atoms with Gasteiger partial charge >= 0.3 is 0 Å². The number of methoxy groups -OCH3 is 1. The highest BCUT2D eigenvalue weighted by atomic mass is 16.5. The maximum absolute atomic E-state index is 12.2. The van der Waals surface area contributed by atoms with Gasteiger partial charge in [0.25, 0.3) is 5.91 Å². The molecule has 6 nitrogen and oxygen atoms in total. The summed E-state index contributed by atoms with van der Waals surface area (Å²) in [6, 6.07) is 1.56. The molecule has 1 aliphatic heterocycles. The maximum Gasteiger partial charge on any atom is 0.272 e. The lowest BCUT2D eigenvalue weighted by Crippen LogP contribution is -2.49. The molecule has 3 N–H and O–H groups in total. The van der Waals surface area contributed by atoms with Gasteiger partial charge in [-0.2, -0.15) is 5.10 Å². The molecule has 0 spiro atoms. The van der Waals surface area contributed by atoms with Crippen molar-refractivity contribution in [2.45, 2.75) is 25.4 Å². The van der Waals surface area contributed by atoms with Crippen molar-refractivity contribution in [3.8, 4) is 0 Å². The quantitative estimate of drug-likeness (QED) is 0.791. The molecule has 0 aromatic carbocycles. The monoisotopic (exact) mass is 238 g/mol. The molecule has 1 aromatic heterocycles. The van der Waals surface area contributed by atoms with Crippen LogP contribution in [0.15, 0.2) is 6.07 Å². The predicted molar refractivity (Wildman–Crippen MR) is 63.6 cm³/mol. The molecular weight excluding hydrogens is 220 g/mol. The lowest BCUT2D eigenvalue weighted by atomic mass is 9.94. The number of anilines is 1. The van der Waals surface area contributed by atoms with E-state index in [9.17, 15) is 4.79 Å². The molecule has 1 aliphatic rings. The minimum atomic E-state index is -0.251. The first-order valence-corrected chi connectivity index (χ1v) is 5.69. The Bertz CT molecular complexity index is 417. The Morgan fingerprint density at radius 2 is 2.47 bits per heavy atom. The van der Waals surface area contributed by atoms with Gasteiger partial charge in [-0.15, -0.1) is 0 Å². The normalized spacial score (nSPS) is 24.9. The Hall–Kier alpha value is -1.56. The number of nitrogens with zero attached hydrogens (tertiary/aromatic N) is 2. The number of amides is 1. The fraction of sp³-hybridized carbons (Fsp3) is 0.636. The number of nitrogens with two attached hydrogens (primary N) is 1. The second kappa shape index (κ2) is 4.37. The van der Waals surface area contributed by atoms with Gasteiger partial charge in [-0.1, -0.05) is 0 Å². The molecule has 6 heteroatoms. The fourth-order valence-corrected chi connectivity index (χ4v) is 2.16. The van der Waals surface area contributed by atoms with Crippen molar-refractivity contribution in [3.63, 3.8) is 0 Å². The second-order valence-electron chi connectivity index (χ2n) is 4.69. The minimum Gasteiger partial charge on any atom is -0.382 e. The molecule has 0 bridgehead atoms. The Morgan fingerprint density at radius 3 is 3.06 bits per heavy atom. The zero-order valence-electron chi connectivity index (χ0n) is 10.2. The largest absolute Gasteiger partial charge is 0.382 e. The van der Waals surface area contributed by atoms with Crippen LogP contribution in [0, 0.1) is 0 Å². The zero-order chi connectivity index (χ0) is 12.5. The third-order valence-corrected chi connectivity index (χ3v) is 3.27. The van der Waals surface area contributed by atoms with E-state index in [-0.39, 0.29) is 11.5 Å². The van der Waals surface area contributed by atoms with E-state index in [2.05, 4.69) is 10.2 Å². The highest BCUT2D eigenvalue weighted by molar-refractivity contribution is 5.93. The number of hydrogen-bond donors (Lipinski definition) is 2. The molecule has 1 aromatic rings. The number of nitrogen functional groups attached to an aromatic ring is 1. The van der Waals surface area contributed by atoms with Crippen LogP contribution in [0.2, 0.25) is 0 Å². The van der Waals surface area contributed by atoms with Gasteiger partial charge in [0.2, 0.25) is 0 Å². The number of nitrogens with one attached hydrogen (secondary N) is 1. The first-order chi connectivity index (χ1) is 8.04. The summed E-state index contributed by atoms with van der Waals surface area (Å²) in [7, 11) is 1.68. The molecule has 2 heterocycles. The molecule has 1 saturated heterocycles. The summed E-state index contributed by atoms with van der Waals surface area (Å²) in [5.74, 6) is 0.261. The van der Waals surface area contributed by atoms with E-state index in [1.54, 1.807) is 18.1 Å². The molecule has 0 aliphatic carbocycles. The summed E-state index contributed by atoms with van der Waals surface area (Å²) in [6.45, 7) is 3.37. The summed E-state index contributed by atoms with van der Waals surface area (Å²) in [4.78, 5) is 13.9. The average molecular weight is 238 g/mol. The number of carbonyl (C=O) groups excluding carboxylic acids is 1. The SMILES string of the molecule is COC1(C)CCCN(C(=O)c2cc(N)n[nH]2)C1. The molecule has 2 rings (SSSR count). The number of likely N-dealkylation sites (tertiary alicyclic amines) is 1. The number of aromatic amines is 1. The summed E-state index contributed by atoms with van der Waals surface area (Å²) < 4.78 is 5.46. The van der Waals surface area contributed by atoms with Crippen molar-refractivity contribution in [2.75, 3.05) is 25.9 Å². The first kappa shape index (κ1) is 11.9. The van der Waals surface area contributed by atoms with Crippen LogP contribution in [0.3, 0.4) is 0 Å². The van der Waals surface area contributed by atoms with Gasteiger partial charge < -0.3 is 15.4 Å². The molecule has 1 fully saturated rings. The molecule has 17 heavy (non-hydrogen) atoms. The number of piperidine rings is 1. The minimum absolute atomic E-state index is 0.0721. The van der Waals surface area contributed by atoms with Crippen LogP contribution in [0.5, 0.6) is 0 Å². The van der Waals surface area contributed by atoms with Crippen LogP contribution < -0.4 is 5.73 Å². The number of H-pyrrole nitrogens is 1. The van der Waals surface area contributed by atoms with Gasteiger partial charge in [-0.3, -0.25) is 9.89 Å². The summed E-state index contributed by atoms with van der Waals surface area (Å²) in [5, 5.41) is 6.40. The van der Waals surface area contributed by atoms with Crippen molar-refractivity contribution < 1.29 is 9.53 Å². The average Bonchev–Trinajstić information content (AvgIpc) is 2.75. The topological polar surface area (TPSA) is 84.2 Å². The molecule has 1 atom stereocenters. The summed E-state index contributed by atoms with van der Waals surface area (Å²) in [6.07, 6.45) is 1.91. The Morgan fingerprint density at radius 1 is 1.71 bits per heavy atom. The van der Waals surface area contributed by atoms with Gasteiger partial charge in [0.15, 0.2) is 0 Å². The van der Waals surface area contributed by atoms with Crippen LogP contribution in [0.4, 0.5) is 5.82 Å². The smallest absolute Gasteiger partial charge is 0.272 e. The molecule has 1 unspecified atom stereocenters. The van der Waals surface area contributed by atoms with E-state index >= 15 is 0 Å². The Balaban J connectivity index is 2.10. The van der Waals surface area contributed by atoms with Crippen LogP contribution in [0.25, 0.3) is 0 Å². The van der Waals surface area contributed by atoms with Gasteiger partial charge in [0, 0.05) is 26.3 Å². The Labute approximate surface area is 100 Å². The van der Waals surface area contributed by atoms with Gasteiger partial charge in [0.05, 0.1) is 5.60 Å². The number of rotatable bonds is 2. The molecule has 0 radical (unpaired) electrons. The zero-order valence-corrected chi connectivity index (χ0v) is 10.2. The van der Waals surface area contributed by atoms with Crippen molar-refractivity contribution in [3.05, 3.63) is 11.8 Å². The van der Waals surface area contributed by atoms with Crippen LogP contribution in [-0.4, -0.2) is 46.8 Å². The molecule has 0 saturated carbocycles. The van der Waals surface area contributed by atoms with E-state index in [1.165, 1.54) is 0 Å². The van der Waals surface area contributed by atoms with Crippen molar-refractivity contribution >= 4 is 11.7 Å². The molecule has 1 amide bonds. The lowest BCUT2D eigenvalue weighted by Gasteiger charge is -2.39. The number of aromatic nitrogens is 2. The standard InChI is InChI=1S/C11H18N4O2/c1-11(17-2)4-3-5-15(7-11)10(16)8-6-9(12)14-13-8/h6H,3-5,7H2,1-2H3,(H3,12,13,14). The van der Waals surface area contributed by atoms with Gasteiger partial charge in [-0.05, 0) is 19.8 Å². The van der Waals surface area contributed by atoms with E-state index in [0.717, 1.165) is 19.4 Å². The number of ether oxygens (including phenoxy) is 1. The van der Waals surface area contributed by atoms with Crippen molar-refractivity contribution in [1.29, 1.82) is 0 Å². The Kier molecular flexibility index (Phi) is 3.06. The third-order valence-electron chi connectivity index (χ3n) is 3.27. The highest BCUT2D eigenvalue weighted by Crippen LogP contribution is 2.24. The van der Waals surface area contributed by atoms with E-state index in [1.807, 2.05) is 6.92 Å². The van der Waals surface area contributed by atoms with Gasteiger partial charge in [-0.25, -0.2) is 0 Å². The van der Waals surface area contributed by atoms with Gasteiger partial charge in [0.1, 0.15) is 11.5 Å². The first-order valence-electron chi connectivity index (χ1n) is 5.69. The van der Waals surface area contributed by atoms with Crippen molar-refractivity contribution in [1.82, 2.24) is 15.1 Å². The highest BCUT2D eigenvalue weighted by Gasteiger charge is 2.33.